The van der Waals surface area contributed by atoms with E-state index < -0.39 is 39.4 Å². The molecule has 5 rings (SSSR count). The van der Waals surface area contributed by atoms with E-state index in [-0.39, 0.29) is 34.8 Å². The quantitative estimate of drug-likeness (QED) is 0.264. The molecule has 0 spiro atoms. The summed E-state index contributed by atoms with van der Waals surface area (Å²) in [5.41, 5.74) is 1.01. The molecule has 1 saturated carbocycles. The van der Waals surface area contributed by atoms with Crippen molar-refractivity contribution >= 4 is 21.7 Å². The zero-order valence-electron chi connectivity index (χ0n) is 25.8. The predicted molar refractivity (Wildman–Crippen MR) is 166 cm³/mol. The van der Waals surface area contributed by atoms with Crippen molar-refractivity contribution in [1.29, 1.82) is 0 Å². The molecule has 0 radical (unpaired) electrons. The number of anilines is 1. The van der Waals surface area contributed by atoms with Crippen LogP contribution in [0.25, 0.3) is 0 Å². The van der Waals surface area contributed by atoms with Gasteiger partial charge in [-0.25, -0.2) is 18.4 Å². The number of halogens is 3. The van der Waals surface area contributed by atoms with Crippen molar-refractivity contribution in [2.24, 2.45) is 5.92 Å². The van der Waals surface area contributed by atoms with E-state index in [4.69, 9.17) is 4.74 Å². The van der Waals surface area contributed by atoms with Crippen molar-refractivity contribution in [2.45, 2.75) is 68.1 Å². The minimum Gasteiger partial charge on any atom is -0.396 e. The van der Waals surface area contributed by atoms with Crippen LogP contribution in [0.3, 0.4) is 0 Å². The molecular formula is C33H39F3N4O5S. The summed E-state index contributed by atoms with van der Waals surface area (Å²) in [5.74, 6) is 0.000925. The van der Waals surface area contributed by atoms with Crippen LogP contribution in [0.4, 0.5) is 19.1 Å². The van der Waals surface area contributed by atoms with Gasteiger partial charge in [-0.2, -0.15) is 13.2 Å². The molecule has 46 heavy (non-hydrogen) atoms. The molecule has 0 bridgehead atoms. The van der Waals surface area contributed by atoms with Gasteiger partial charge in [0.15, 0.2) is 9.84 Å². The zero-order chi connectivity index (χ0) is 33.1. The number of benzene rings is 2. The van der Waals surface area contributed by atoms with Gasteiger partial charge < -0.3 is 20.1 Å². The van der Waals surface area contributed by atoms with Crippen molar-refractivity contribution in [3.8, 4) is 0 Å². The van der Waals surface area contributed by atoms with E-state index >= 15 is 0 Å². The lowest BCUT2D eigenvalue weighted by Crippen LogP contribution is -2.38. The van der Waals surface area contributed by atoms with Crippen LogP contribution < -0.4 is 10.2 Å². The fourth-order valence-electron chi connectivity index (χ4n) is 5.78. The number of carbonyl (C=O) groups excluding carboxylic acids is 1. The first-order valence-corrected chi connectivity index (χ1v) is 17.1. The predicted octanol–water partition coefficient (Wildman–Crippen LogP) is 4.97. The number of rotatable bonds is 13. The lowest BCUT2D eigenvalue weighted by molar-refractivity contribution is -0.137. The molecule has 2 fully saturated rings. The third-order valence-corrected chi connectivity index (χ3v) is 10.6. The summed E-state index contributed by atoms with van der Waals surface area (Å²) >= 11 is 0. The number of aliphatic hydroxyl groups excluding tert-OH is 1. The normalized spacial score (nSPS) is 20.0. The highest BCUT2D eigenvalue weighted by Gasteiger charge is 2.36. The fourth-order valence-corrected chi connectivity index (χ4v) is 6.66. The third-order valence-electron chi connectivity index (χ3n) is 8.85. The van der Waals surface area contributed by atoms with Gasteiger partial charge in [0.2, 0.25) is 5.95 Å². The second-order valence-corrected chi connectivity index (χ2v) is 14.4. The molecule has 2 aliphatic rings. The van der Waals surface area contributed by atoms with Crippen molar-refractivity contribution < 1.29 is 36.2 Å². The molecule has 3 aromatic rings. The highest BCUT2D eigenvalue weighted by molar-refractivity contribution is 7.91. The number of nitrogens with zero attached hydrogens (tertiary/aromatic N) is 3. The Kier molecular flexibility index (Phi) is 10.3. The van der Waals surface area contributed by atoms with E-state index in [1.165, 1.54) is 36.7 Å². The smallest absolute Gasteiger partial charge is 0.396 e. The number of ether oxygens (including phenoxy) is 1. The van der Waals surface area contributed by atoms with Gasteiger partial charge in [-0.05, 0) is 67.5 Å². The molecule has 2 unspecified atom stereocenters. The summed E-state index contributed by atoms with van der Waals surface area (Å²) in [6, 6.07) is 11.0. The zero-order valence-corrected chi connectivity index (χ0v) is 26.6. The molecule has 248 valence electrons. The first-order valence-electron chi connectivity index (χ1n) is 15.5. The minimum absolute atomic E-state index is 0.0184. The maximum Gasteiger partial charge on any atom is 0.416 e. The van der Waals surface area contributed by atoms with E-state index in [2.05, 4.69) is 15.3 Å². The number of hydrogen-bond acceptors (Lipinski definition) is 8. The van der Waals surface area contributed by atoms with Gasteiger partial charge in [0.1, 0.15) is 0 Å². The van der Waals surface area contributed by atoms with Gasteiger partial charge in [0.25, 0.3) is 5.91 Å². The molecule has 4 atom stereocenters. The first kappa shape index (κ1) is 33.8. The van der Waals surface area contributed by atoms with E-state index in [1.807, 2.05) is 4.90 Å². The number of sulfone groups is 1. The summed E-state index contributed by atoms with van der Waals surface area (Å²) in [6.45, 7) is 4.65. The van der Waals surface area contributed by atoms with Crippen molar-refractivity contribution in [2.75, 3.05) is 37.0 Å². The van der Waals surface area contributed by atoms with Crippen LogP contribution in [0.2, 0.25) is 0 Å². The molecule has 1 aliphatic heterocycles. The average Bonchev–Trinajstić information content (AvgIpc) is 3.77. The van der Waals surface area contributed by atoms with Gasteiger partial charge >= 0.3 is 6.18 Å². The summed E-state index contributed by atoms with van der Waals surface area (Å²) in [6.07, 6.45) is 1.42. The maximum absolute atomic E-state index is 13.1. The molecule has 2 N–H and O–H groups in total. The van der Waals surface area contributed by atoms with Crippen LogP contribution in [-0.4, -0.2) is 73.6 Å². The average molecular weight is 661 g/mol. The summed E-state index contributed by atoms with van der Waals surface area (Å²) < 4.78 is 69.6. The molecule has 1 aromatic heterocycles. The lowest BCUT2D eigenvalue weighted by atomic mass is 9.93. The summed E-state index contributed by atoms with van der Waals surface area (Å²) in [7, 11) is -3.36. The minimum atomic E-state index is -4.40. The second kappa shape index (κ2) is 14.1. The molecular weight excluding hydrogens is 621 g/mol. The van der Waals surface area contributed by atoms with Gasteiger partial charge in [-0.1, -0.05) is 31.2 Å². The SMILES string of the molecule is CCS(=O)(=O)c1ccc([C@H](CO)C(C)NC(=O)c2cnc(N3CC(c4ccc(C(F)(F)F)cc4)C[C@H]3COCC3CC3)nc2)cc1. The Morgan fingerprint density at radius 1 is 1.07 bits per heavy atom. The molecule has 1 amide bonds. The summed E-state index contributed by atoms with van der Waals surface area (Å²) in [5, 5.41) is 13.0. The lowest BCUT2D eigenvalue weighted by Gasteiger charge is -2.25. The molecule has 1 saturated heterocycles. The van der Waals surface area contributed by atoms with E-state index in [9.17, 15) is 31.5 Å². The van der Waals surface area contributed by atoms with Crippen LogP contribution >= 0.6 is 0 Å². The second-order valence-electron chi connectivity index (χ2n) is 12.1. The highest BCUT2D eigenvalue weighted by Crippen LogP contribution is 2.37. The highest BCUT2D eigenvalue weighted by atomic mass is 32.2. The van der Waals surface area contributed by atoms with E-state index in [1.54, 1.807) is 26.0 Å². The topological polar surface area (TPSA) is 122 Å². The van der Waals surface area contributed by atoms with Gasteiger partial charge in [0.05, 0.1) is 41.0 Å². The Labute approximate surface area is 267 Å². The number of hydrogen-bond donors (Lipinski definition) is 2. The van der Waals surface area contributed by atoms with Crippen LogP contribution in [0, 0.1) is 5.92 Å². The Balaban J connectivity index is 1.25. The first-order chi connectivity index (χ1) is 21.9. The molecule has 1 aliphatic carbocycles. The van der Waals surface area contributed by atoms with Gasteiger partial charge in [-0.15, -0.1) is 0 Å². The van der Waals surface area contributed by atoms with Gasteiger partial charge in [-0.3, -0.25) is 4.79 Å². The number of aliphatic hydroxyl groups is 1. The standard InChI is InChI=1S/C33H39F3N4O5S/c1-3-46(43,44)29-12-8-24(9-13-29)30(18-41)21(2)39-31(42)26-15-37-32(38-16-26)40-17-25(14-28(40)20-45-19-22-4-5-22)23-6-10-27(11-7-23)33(34,35)36/h6-13,15-16,21-22,25,28,30,41H,3-5,14,17-20H2,1-2H3,(H,39,42)/t21?,25?,28-,30+/m0/s1. The van der Waals surface area contributed by atoms with Crippen LogP contribution in [0.15, 0.2) is 65.8 Å². The van der Waals surface area contributed by atoms with Crippen molar-refractivity contribution in [3.05, 3.63) is 83.2 Å². The van der Waals surface area contributed by atoms with Crippen molar-refractivity contribution in [1.82, 2.24) is 15.3 Å². The number of nitrogens with one attached hydrogen (secondary N) is 1. The van der Waals surface area contributed by atoms with Crippen LogP contribution in [0.5, 0.6) is 0 Å². The van der Waals surface area contributed by atoms with Gasteiger partial charge in [0, 0.05) is 43.4 Å². The maximum atomic E-state index is 13.1. The van der Waals surface area contributed by atoms with E-state index in [0.717, 1.165) is 30.5 Å². The monoisotopic (exact) mass is 660 g/mol. The molecule has 9 nitrogen and oxygen atoms in total. The molecule has 2 aromatic carbocycles. The molecule has 13 heteroatoms. The van der Waals surface area contributed by atoms with Crippen LogP contribution in [0.1, 0.15) is 72.0 Å². The fraction of sp³-hybridized carbons (Fsp3) is 0.485. The summed E-state index contributed by atoms with van der Waals surface area (Å²) in [4.78, 5) is 24.3. The number of aromatic nitrogens is 2. The van der Waals surface area contributed by atoms with Crippen LogP contribution in [-0.2, 0) is 20.8 Å². The molecule has 2 heterocycles. The Morgan fingerprint density at radius 2 is 1.72 bits per heavy atom. The Hall–Kier alpha value is -3.55. The number of alkyl halides is 3. The Bertz CT molecular complexity index is 1580. The third kappa shape index (κ3) is 8.05. The number of carbonyl (C=O) groups is 1. The number of amides is 1. The Morgan fingerprint density at radius 3 is 2.28 bits per heavy atom. The largest absolute Gasteiger partial charge is 0.416 e. The van der Waals surface area contributed by atoms with Crippen molar-refractivity contribution in [3.63, 3.8) is 0 Å². The van der Waals surface area contributed by atoms with E-state index in [0.29, 0.717) is 43.6 Å².